The second-order valence-electron chi connectivity index (χ2n) is 2.55. The molecule has 0 aliphatic heterocycles. The lowest BCUT2D eigenvalue weighted by molar-refractivity contribution is 0.0601. The lowest BCUT2D eigenvalue weighted by Gasteiger charge is -1.98. The van der Waals surface area contributed by atoms with E-state index in [1.807, 2.05) is 0 Å². The van der Waals surface area contributed by atoms with Crippen molar-refractivity contribution in [1.29, 1.82) is 0 Å². The van der Waals surface area contributed by atoms with Gasteiger partial charge < -0.3 is 4.74 Å². The van der Waals surface area contributed by atoms with E-state index in [0.29, 0.717) is 11.1 Å². The molecule has 0 amide bonds. The fourth-order valence-electron chi connectivity index (χ4n) is 0.959. The Morgan fingerprint density at radius 2 is 1.86 bits per heavy atom. The Hall–Kier alpha value is -1.71. The van der Waals surface area contributed by atoms with Crippen molar-refractivity contribution < 1.29 is 18.3 Å². The second kappa shape index (κ2) is 4.50. The third-order valence-electron chi connectivity index (χ3n) is 1.61. The van der Waals surface area contributed by atoms with Crippen LogP contribution in [0.2, 0.25) is 0 Å². The molecule has 14 heavy (non-hydrogen) atoms. The van der Waals surface area contributed by atoms with E-state index in [-0.39, 0.29) is 0 Å². The highest BCUT2D eigenvalue weighted by Gasteiger charge is 2.03. The first-order valence-electron chi connectivity index (χ1n) is 3.84. The molecule has 0 aromatic heterocycles. The summed E-state index contributed by atoms with van der Waals surface area (Å²) >= 11 is 0. The van der Waals surface area contributed by atoms with E-state index >= 15 is 0 Å². The van der Waals surface area contributed by atoms with Gasteiger partial charge in [-0.1, -0.05) is 12.1 Å². The number of hydrogen-bond acceptors (Lipinski definition) is 2. The number of rotatable bonds is 2. The minimum absolute atomic E-state index is 0.337. The average molecular weight is 198 g/mol. The van der Waals surface area contributed by atoms with Crippen LogP contribution in [0.5, 0.6) is 0 Å². The summed E-state index contributed by atoms with van der Waals surface area (Å²) in [5.41, 5.74) is 0.682. The molecule has 0 spiro atoms. The molecule has 0 saturated carbocycles. The lowest BCUT2D eigenvalue weighted by atomic mass is 10.1. The van der Waals surface area contributed by atoms with Crippen molar-refractivity contribution in [3.8, 4) is 0 Å². The first-order valence-corrected chi connectivity index (χ1v) is 3.84. The van der Waals surface area contributed by atoms with Crippen LogP contribution in [-0.2, 0) is 4.74 Å². The second-order valence-corrected chi connectivity index (χ2v) is 2.55. The highest BCUT2D eigenvalue weighted by Crippen LogP contribution is 2.10. The molecule has 1 aromatic rings. The topological polar surface area (TPSA) is 26.3 Å². The van der Waals surface area contributed by atoms with Crippen molar-refractivity contribution in [1.82, 2.24) is 0 Å². The first kappa shape index (κ1) is 10.4. The Labute approximate surface area is 79.8 Å². The molecule has 2 nitrogen and oxygen atoms in total. The Bertz CT molecular complexity index is 351. The van der Waals surface area contributed by atoms with Crippen molar-refractivity contribution in [3.63, 3.8) is 0 Å². The van der Waals surface area contributed by atoms with Crippen LogP contribution in [0.4, 0.5) is 8.78 Å². The van der Waals surface area contributed by atoms with E-state index in [2.05, 4.69) is 4.74 Å². The summed E-state index contributed by atoms with van der Waals surface area (Å²) in [4.78, 5) is 11.0. The normalized spacial score (nSPS) is 9.36. The smallest absolute Gasteiger partial charge is 0.337 e. The van der Waals surface area contributed by atoms with Crippen molar-refractivity contribution >= 4 is 12.0 Å². The van der Waals surface area contributed by atoms with Gasteiger partial charge >= 0.3 is 5.97 Å². The average Bonchev–Trinajstić information content (AvgIpc) is 2.17. The van der Waals surface area contributed by atoms with Crippen molar-refractivity contribution in [2.24, 2.45) is 0 Å². The number of benzene rings is 1. The van der Waals surface area contributed by atoms with Gasteiger partial charge in [0, 0.05) is 6.08 Å². The van der Waals surface area contributed by atoms with Crippen LogP contribution in [0.25, 0.3) is 6.08 Å². The Kier molecular flexibility index (Phi) is 3.34. The predicted molar refractivity (Wildman–Crippen MR) is 48.0 cm³/mol. The fraction of sp³-hybridized carbons (Fsp3) is 0.100. The zero-order chi connectivity index (χ0) is 10.6. The molecule has 0 saturated heterocycles. The number of carbonyl (C=O) groups is 1. The van der Waals surface area contributed by atoms with E-state index in [1.165, 1.54) is 31.4 Å². The van der Waals surface area contributed by atoms with Gasteiger partial charge in [0.05, 0.1) is 12.7 Å². The quantitative estimate of drug-likeness (QED) is 0.683. The minimum Gasteiger partial charge on any atom is -0.465 e. The molecular weight excluding hydrogens is 190 g/mol. The van der Waals surface area contributed by atoms with E-state index in [9.17, 15) is 13.6 Å². The van der Waals surface area contributed by atoms with E-state index in [0.717, 1.165) is 6.08 Å². The maximum atomic E-state index is 11.8. The van der Waals surface area contributed by atoms with Crippen molar-refractivity contribution in [3.05, 3.63) is 41.5 Å². The molecule has 4 heteroatoms. The van der Waals surface area contributed by atoms with Crippen LogP contribution in [-0.4, -0.2) is 13.1 Å². The molecule has 0 aliphatic carbocycles. The molecule has 0 N–H and O–H groups in total. The Morgan fingerprint density at radius 1 is 1.29 bits per heavy atom. The molecule has 0 fully saturated rings. The van der Waals surface area contributed by atoms with Crippen LogP contribution in [0, 0.1) is 0 Å². The molecule has 0 radical (unpaired) electrons. The summed E-state index contributed by atoms with van der Waals surface area (Å²) in [6.07, 6.45) is -1.04. The van der Waals surface area contributed by atoms with Crippen LogP contribution in [0.1, 0.15) is 15.9 Å². The summed E-state index contributed by atoms with van der Waals surface area (Å²) in [6.45, 7) is 0. The van der Waals surface area contributed by atoms with Gasteiger partial charge in [-0.3, -0.25) is 0 Å². The van der Waals surface area contributed by atoms with Crippen molar-refractivity contribution in [2.75, 3.05) is 7.11 Å². The molecule has 1 aromatic carbocycles. The molecule has 74 valence electrons. The minimum atomic E-state index is -1.77. The van der Waals surface area contributed by atoms with Crippen LogP contribution >= 0.6 is 0 Å². The van der Waals surface area contributed by atoms with E-state index < -0.39 is 12.0 Å². The van der Waals surface area contributed by atoms with Crippen LogP contribution in [0.3, 0.4) is 0 Å². The summed E-state index contributed by atoms with van der Waals surface area (Å²) < 4.78 is 28.1. The van der Waals surface area contributed by atoms with Gasteiger partial charge in [0.25, 0.3) is 6.08 Å². The number of ether oxygens (including phenoxy) is 1. The van der Waals surface area contributed by atoms with Crippen molar-refractivity contribution in [2.45, 2.75) is 0 Å². The Morgan fingerprint density at radius 3 is 2.29 bits per heavy atom. The zero-order valence-electron chi connectivity index (χ0n) is 7.46. The highest BCUT2D eigenvalue weighted by molar-refractivity contribution is 5.89. The molecule has 0 atom stereocenters. The van der Waals surface area contributed by atoms with Gasteiger partial charge in [-0.2, -0.15) is 8.78 Å². The molecular formula is C10H8F2O2. The monoisotopic (exact) mass is 198 g/mol. The first-order chi connectivity index (χ1) is 6.63. The number of hydrogen-bond donors (Lipinski definition) is 0. The molecule has 1 rings (SSSR count). The summed E-state index contributed by atoms with van der Waals surface area (Å²) in [6, 6.07) is 5.71. The van der Waals surface area contributed by atoms with Gasteiger partial charge in [-0.15, -0.1) is 0 Å². The fourth-order valence-corrected chi connectivity index (χ4v) is 0.959. The summed E-state index contributed by atoms with van der Waals surface area (Å²) in [5, 5.41) is 0. The summed E-state index contributed by atoms with van der Waals surface area (Å²) in [7, 11) is 1.26. The SMILES string of the molecule is COC(=O)c1ccc(C=C(F)F)cc1. The molecule has 0 aliphatic rings. The third kappa shape index (κ3) is 2.65. The van der Waals surface area contributed by atoms with E-state index in [4.69, 9.17) is 0 Å². The molecule has 0 heterocycles. The number of esters is 1. The van der Waals surface area contributed by atoms with Gasteiger partial charge in [0.2, 0.25) is 0 Å². The highest BCUT2D eigenvalue weighted by atomic mass is 19.3. The van der Waals surface area contributed by atoms with Gasteiger partial charge in [-0.05, 0) is 17.7 Å². The zero-order valence-corrected chi connectivity index (χ0v) is 7.46. The van der Waals surface area contributed by atoms with Crippen LogP contribution < -0.4 is 0 Å². The molecule has 0 unspecified atom stereocenters. The predicted octanol–water partition coefficient (Wildman–Crippen LogP) is 2.71. The van der Waals surface area contributed by atoms with E-state index in [1.54, 1.807) is 0 Å². The third-order valence-corrected chi connectivity index (χ3v) is 1.61. The van der Waals surface area contributed by atoms with Gasteiger partial charge in [0.15, 0.2) is 0 Å². The lowest BCUT2D eigenvalue weighted by Crippen LogP contribution is -2.00. The van der Waals surface area contributed by atoms with Gasteiger partial charge in [0.1, 0.15) is 0 Å². The maximum Gasteiger partial charge on any atom is 0.337 e. The molecule has 0 bridgehead atoms. The van der Waals surface area contributed by atoms with Gasteiger partial charge in [-0.25, -0.2) is 4.79 Å². The number of methoxy groups -OCH3 is 1. The maximum absolute atomic E-state index is 11.8. The summed E-state index contributed by atoms with van der Waals surface area (Å²) in [5.74, 6) is -0.485. The standard InChI is InChI=1S/C10H8F2O2/c1-14-10(13)8-4-2-7(3-5-8)6-9(11)12/h2-6H,1H3. The van der Waals surface area contributed by atoms with Crippen LogP contribution in [0.15, 0.2) is 30.3 Å². The Balaban J connectivity index is 2.89. The number of halogens is 2. The largest absolute Gasteiger partial charge is 0.465 e. The number of carbonyl (C=O) groups excluding carboxylic acids is 1.